The molecular formula is C17H14F3IN4. The maximum absolute atomic E-state index is 13.5. The largest absolute Gasteiger partial charge is 0.435 e. The Hall–Kier alpha value is -1.84. The summed E-state index contributed by atoms with van der Waals surface area (Å²) in [6.45, 7) is 0. The number of rotatable bonds is 3. The van der Waals surface area contributed by atoms with Crippen molar-refractivity contribution in [1.82, 2.24) is 14.8 Å². The Bertz CT molecular complexity index is 931. The fourth-order valence-electron chi connectivity index (χ4n) is 2.92. The lowest BCUT2D eigenvalue weighted by Gasteiger charge is -2.28. The number of alkyl halides is 3. The molecule has 0 saturated heterocycles. The molecule has 2 aromatic heterocycles. The molecule has 4 nitrogen and oxygen atoms in total. The Morgan fingerprint density at radius 1 is 1.16 bits per heavy atom. The molecule has 1 aromatic carbocycles. The van der Waals surface area contributed by atoms with E-state index >= 15 is 0 Å². The Morgan fingerprint density at radius 2 is 1.92 bits per heavy atom. The van der Waals surface area contributed by atoms with E-state index in [0.29, 0.717) is 15.3 Å². The molecule has 0 radical (unpaired) electrons. The molecule has 0 bridgehead atoms. The van der Waals surface area contributed by atoms with Gasteiger partial charge in [0.15, 0.2) is 11.3 Å². The highest BCUT2D eigenvalue weighted by molar-refractivity contribution is 14.1. The monoisotopic (exact) mass is 458 g/mol. The van der Waals surface area contributed by atoms with E-state index in [1.807, 2.05) is 34.7 Å². The summed E-state index contributed by atoms with van der Waals surface area (Å²) in [5.41, 5.74) is 0.649. The van der Waals surface area contributed by atoms with E-state index in [4.69, 9.17) is 0 Å². The van der Waals surface area contributed by atoms with E-state index in [1.165, 1.54) is 17.3 Å². The number of nitrogens with zero attached hydrogens (tertiary/aromatic N) is 3. The highest BCUT2D eigenvalue weighted by atomic mass is 127. The van der Waals surface area contributed by atoms with Gasteiger partial charge in [-0.25, -0.2) is 9.67 Å². The van der Waals surface area contributed by atoms with Crippen LogP contribution in [-0.4, -0.2) is 20.8 Å². The third-order valence-corrected chi connectivity index (χ3v) is 5.28. The number of halogens is 4. The zero-order valence-electron chi connectivity index (χ0n) is 13.0. The topological polar surface area (TPSA) is 42.7 Å². The summed E-state index contributed by atoms with van der Waals surface area (Å²) < 4.78 is 42.2. The van der Waals surface area contributed by atoms with Crippen molar-refractivity contribution in [3.63, 3.8) is 0 Å². The van der Waals surface area contributed by atoms with Gasteiger partial charge in [-0.05, 0) is 60.1 Å². The number of nitrogens with one attached hydrogen (secondary N) is 1. The van der Waals surface area contributed by atoms with Crippen molar-refractivity contribution in [2.24, 2.45) is 0 Å². The van der Waals surface area contributed by atoms with E-state index in [9.17, 15) is 13.2 Å². The van der Waals surface area contributed by atoms with Crippen LogP contribution in [0.15, 0.2) is 36.5 Å². The third-order valence-electron chi connectivity index (χ3n) is 4.38. The molecule has 1 saturated carbocycles. The second-order valence-corrected chi connectivity index (χ2v) is 7.20. The summed E-state index contributed by atoms with van der Waals surface area (Å²) in [7, 11) is 0. The predicted molar refractivity (Wildman–Crippen MR) is 97.8 cm³/mol. The van der Waals surface area contributed by atoms with Crippen LogP contribution in [-0.2, 0) is 6.18 Å². The first-order valence-electron chi connectivity index (χ1n) is 7.91. The Kier molecular flexibility index (Phi) is 4.09. The molecule has 1 N–H and O–H groups in total. The zero-order chi connectivity index (χ0) is 17.6. The van der Waals surface area contributed by atoms with Crippen LogP contribution >= 0.6 is 22.6 Å². The number of anilines is 1. The summed E-state index contributed by atoms with van der Waals surface area (Å²) in [4.78, 5) is 4.17. The van der Waals surface area contributed by atoms with E-state index in [1.54, 1.807) is 18.2 Å². The Morgan fingerprint density at radius 3 is 2.60 bits per heavy atom. The highest BCUT2D eigenvalue weighted by Gasteiger charge is 2.38. The summed E-state index contributed by atoms with van der Waals surface area (Å²) in [5.74, 6) is 0. The molecule has 0 spiro atoms. The van der Waals surface area contributed by atoms with Gasteiger partial charge >= 0.3 is 6.18 Å². The van der Waals surface area contributed by atoms with Crippen molar-refractivity contribution in [2.75, 3.05) is 5.32 Å². The lowest BCUT2D eigenvalue weighted by atomic mass is 9.93. The Labute approximate surface area is 155 Å². The quantitative estimate of drug-likeness (QED) is 0.562. The second kappa shape index (κ2) is 6.15. The van der Waals surface area contributed by atoms with Crippen molar-refractivity contribution in [3.8, 4) is 5.69 Å². The number of benzene rings is 1. The van der Waals surface area contributed by atoms with Crippen LogP contribution in [0.2, 0.25) is 0 Å². The lowest BCUT2D eigenvalue weighted by Crippen LogP contribution is -2.27. The second-order valence-electron chi connectivity index (χ2n) is 6.04. The van der Waals surface area contributed by atoms with Crippen molar-refractivity contribution in [2.45, 2.75) is 31.5 Å². The first-order chi connectivity index (χ1) is 11.9. The molecule has 0 unspecified atom stereocenters. The SMILES string of the molecule is FC(F)(F)c1nn(-c2ccccc2NC2CCC2)c2nccc(I)c12. The molecule has 0 amide bonds. The molecule has 0 atom stereocenters. The molecular weight excluding hydrogens is 444 g/mol. The van der Waals surface area contributed by atoms with Crippen molar-refractivity contribution >= 4 is 39.3 Å². The van der Waals surface area contributed by atoms with E-state index in [2.05, 4.69) is 15.4 Å². The average Bonchev–Trinajstić information content (AvgIpc) is 2.92. The number of hydrogen-bond donors (Lipinski definition) is 1. The van der Waals surface area contributed by atoms with Crippen LogP contribution in [0.3, 0.4) is 0 Å². The van der Waals surface area contributed by atoms with Crippen molar-refractivity contribution < 1.29 is 13.2 Å². The van der Waals surface area contributed by atoms with Gasteiger partial charge in [0.1, 0.15) is 0 Å². The van der Waals surface area contributed by atoms with Gasteiger partial charge in [0.05, 0.1) is 16.8 Å². The van der Waals surface area contributed by atoms with Crippen LogP contribution in [0.4, 0.5) is 18.9 Å². The third kappa shape index (κ3) is 2.96. The molecule has 4 rings (SSSR count). The molecule has 3 aromatic rings. The molecule has 1 aliphatic carbocycles. The maximum Gasteiger partial charge on any atom is 0.435 e. The first kappa shape index (κ1) is 16.6. The van der Waals surface area contributed by atoms with Gasteiger partial charge in [-0.1, -0.05) is 12.1 Å². The highest BCUT2D eigenvalue weighted by Crippen LogP contribution is 2.37. The van der Waals surface area contributed by atoms with Crippen molar-refractivity contribution in [3.05, 3.63) is 45.8 Å². The van der Waals surface area contributed by atoms with E-state index < -0.39 is 11.9 Å². The summed E-state index contributed by atoms with van der Waals surface area (Å²) >= 11 is 1.89. The van der Waals surface area contributed by atoms with Crippen LogP contribution in [0.1, 0.15) is 25.0 Å². The predicted octanol–water partition coefficient (Wildman–Crippen LogP) is 5.01. The molecule has 130 valence electrons. The molecule has 25 heavy (non-hydrogen) atoms. The summed E-state index contributed by atoms with van der Waals surface area (Å²) in [6, 6.07) is 9.19. The van der Waals surface area contributed by atoms with Crippen LogP contribution in [0, 0.1) is 3.57 Å². The number of hydrogen-bond acceptors (Lipinski definition) is 3. The number of para-hydroxylation sites is 2. The minimum absolute atomic E-state index is 0.0362. The number of aromatic nitrogens is 3. The average molecular weight is 458 g/mol. The van der Waals surface area contributed by atoms with Gasteiger partial charge in [-0.2, -0.15) is 18.3 Å². The molecule has 8 heteroatoms. The van der Waals surface area contributed by atoms with Gasteiger partial charge in [-0.3, -0.25) is 0 Å². The van der Waals surface area contributed by atoms with Crippen LogP contribution < -0.4 is 5.32 Å². The fourth-order valence-corrected chi connectivity index (χ4v) is 3.58. The maximum atomic E-state index is 13.5. The minimum Gasteiger partial charge on any atom is -0.381 e. The summed E-state index contributed by atoms with van der Waals surface area (Å²) in [6.07, 6.45) is 0.270. The normalized spacial score (nSPS) is 15.4. The molecule has 1 aliphatic rings. The molecule has 2 heterocycles. The number of fused-ring (bicyclic) bond motifs is 1. The van der Waals surface area contributed by atoms with Crippen LogP contribution in [0.5, 0.6) is 0 Å². The molecule has 0 aliphatic heterocycles. The van der Waals surface area contributed by atoms with Gasteiger partial charge in [0.2, 0.25) is 0 Å². The van der Waals surface area contributed by atoms with E-state index in [0.717, 1.165) is 18.5 Å². The van der Waals surface area contributed by atoms with Gasteiger partial charge < -0.3 is 5.32 Å². The smallest absolute Gasteiger partial charge is 0.381 e. The first-order valence-corrected chi connectivity index (χ1v) is 8.99. The zero-order valence-corrected chi connectivity index (χ0v) is 15.2. The fraction of sp³-hybridized carbons (Fsp3) is 0.294. The van der Waals surface area contributed by atoms with Crippen molar-refractivity contribution in [1.29, 1.82) is 0 Å². The standard InChI is InChI=1S/C17H14F3IN4/c18-17(19,20)15-14-11(21)8-9-22-16(14)25(24-15)13-7-2-1-6-12(13)23-10-4-3-5-10/h1-2,6-10,23H,3-5H2. The van der Waals surface area contributed by atoms with Crippen LogP contribution in [0.25, 0.3) is 16.7 Å². The van der Waals surface area contributed by atoms with Gasteiger partial charge in [-0.15, -0.1) is 0 Å². The van der Waals surface area contributed by atoms with Gasteiger partial charge in [0, 0.05) is 15.8 Å². The summed E-state index contributed by atoms with van der Waals surface area (Å²) in [5, 5.41) is 7.32. The Balaban J connectivity index is 1.92. The number of pyridine rings is 1. The molecule has 1 fully saturated rings. The van der Waals surface area contributed by atoms with E-state index in [-0.39, 0.29) is 11.0 Å². The van der Waals surface area contributed by atoms with Gasteiger partial charge in [0.25, 0.3) is 0 Å². The minimum atomic E-state index is -4.54. The lowest BCUT2D eigenvalue weighted by molar-refractivity contribution is -0.140.